The lowest BCUT2D eigenvalue weighted by Crippen LogP contribution is -2.28. The first kappa shape index (κ1) is 13.5. The first-order valence-corrected chi connectivity index (χ1v) is 6.23. The highest BCUT2D eigenvalue weighted by Gasteiger charge is 2.15. The molecule has 0 saturated carbocycles. The molecule has 0 radical (unpaired) electrons. The van der Waals surface area contributed by atoms with Crippen molar-refractivity contribution < 1.29 is 9.84 Å². The van der Waals surface area contributed by atoms with Crippen LogP contribution in [0.25, 0.3) is 0 Å². The van der Waals surface area contributed by atoms with Crippen molar-refractivity contribution in [3.05, 3.63) is 28.2 Å². The minimum Gasteiger partial charge on any atom is -0.490 e. The van der Waals surface area contributed by atoms with E-state index >= 15 is 0 Å². The van der Waals surface area contributed by atoms with Crippen LogP contribution in [0.3, 0.4) is 0 Å². The summed E-state index contributed by atoms with van der Waals surface area (Å²) >= 11 is 3.45. The average molecular weight is 287 g/mol. The molecule has 1 aromatic rings. The molecule has 0 aromatic heterocycles. The van der Waals surface area contributed by atoms with Gasteiger partial charge in [0.25, 0.3) is 0 Å². The predicted molar refractivity (Wildman–Crippen MR) is 70.0 cm³/mol. The first-order chi connectivity index (χ1) is 7.29. The van der Waals surface area contributed by atoms with Crippen molar-refractivity contribution in [1.82, 2.24) is 0 Å². The second kappa shape index (κ2) is 5.19. The Morgan fingerprint density at radius 3 is 2.50 bits per heavy atom. The van der Waals surface area contributed by atoms with Gasteiger partial charge in [-0.1, -0.05) is 29.8 Å². The molecule has 0 fully saturated rings. The number of hydrogen-bond donors (Lipinski definition) is 1. The lowest BCUT2D eigenvalue weighted by Gasteiger charge is -2.20. The van der Waals surface area contributed by atoms with Gasteiger partial charge < -0.3 is 9.84 Å². The molecule has 0 amide bonds. The minimum absolute atomic E-state index is 0.300. The molecule has 16 heavy (non-hydrogen) atoms. The van der Waals surface area contributed by atoms with E-state index in [0.29, 0.717) is 12.5 Å². The summed E-state index contributed by atoms with van der Waals surface area (Å²) in [6.07, 6.45) is 0. The summed E-state index contributed by atoms with van der Waals surface area (Å²) in [6.45, 7) is 8.02. The minimum atomic E-state index is -0.804. The SMILES string of the molecule is CC(C)c1cc(Br)ccc1OCC(C)(C)O. The molecule has 0 saturated heterocycles. The molecule has 0 aliphatic rings. The molecule has 3 heteroatoms. The van der Waals surface area contributed by atoms with Crippen LogP contribution in [-0.4, -0.2) is 17.3 Å². The third-order valence-corrected chi connectivity index (χ3v) is 2.67. The van der Waals surface area contributed by atoms with Crippen LogP contribution >= 0.6 is 15.9 Å². The Hall–Kier alpha value is -0.540. The van der Waals surface area contributed by atoms with Crippen molar-refractivity contribution in [3.63, 3.8) is 0 Å². The summed E-state index contributed by atoms with van der Waals surface area (Å²) in [4.78, 5) is 0. The third kappa shape index (κ3) is 4.14. The molecule has 1 aromatic carbocycles. The van der Waals surface area contributed by atoms with Gasteiger partial charge in [0, 0.05) is 4.47 Å². The summed E-state index contributed by atoms with van der Waals surface area (Å²) < 4.78 is 6.70. The van der Waals surface area contributed by atoms with Crippen LogP contribution in [-0.2, 0) is 0 Å². The van der Waals surface area contributed by atoms with Crippen molar-refractivity contribution >= 4 is 15.9 Å². The van der Waals surface area contributed by atoms with Crippen LogP contribution < -0.4 is 4.74 Å². The van der Waals surface area contributed by atoms with E-state index in [-0.39, 0.29) is 0 Å². The number of halogens is 1. The fraction of sp³-hybridized carbons (Fsp3) is 0.538. The molecule has 0 aliphatic carbocycles. The fourth-order valence-electron chi connectivity index (χ4n) is 1.36. The normalized spacial score (nSPS) is 11.9. The summed E-state index contributed by atoms with van der Waals surface area (Å²) in [5.41, 5.74) is 0.347. The van der Waals surface area contributed by atoms with Crippen molar-refractivity contribution in [1.29, 1.82) is 0 Å². The van der Waals surface area contributed by atoms with Crippen LogP contribution in [0.1, 0.15) is 39.2 Å². The van der Waals surface area contributed by atoms with Crippen molar-refractivity contribution in [2.75, 3.05) is 6.61 Å². The Morgan fingerprint density at radius 1 is 1.38 bits per heavy atom. The van der Waals surface area contributed by atoms with Gasteiger partial charge in [-0.25, -0.2) is 0 Å². The van der Waals surface area contributed by atoms with Gasteiger partial charge in [0.05, 0.1) is 5.60 Å². The number of ether oxygens (including phenoxy) is 1. The quantitative estimate of drug-likeness (QED) is 0.914. The van der Waals surface area contributed by atoms with Gasteiger partial charge in [-0.05, 0) is 43.5 Å². The van der Waals surface area contributed by atoms with Gasteiger partial charge in [-0.15, -0.1) is 0 Å². The molecule has 0 atom stereocenters. The second-order valence-corrected chi connectivity index (χ2v) is 5.85. The van der Waals surface area contributed by atoms with E-state index in [1.807, 2.05) is 12.1 Å². The summed E-state index contributed by atoms with van der Waals surface area (Å²) in [5.74, 6) is 1.25. The zero-order chi connectivity index (χ0) is 12.3. The predicted octanol–water partition coefficient (Wildman–Crippen LogP) is 3.72. The zero-order valence-corrected chi connectivity index (χ0v) is 11.8. The Balaban J connectivity index is 2.87. The molecule has 1 rings (SSSR count). The largest absolute Gasteiger partial charge is 0.490 e. The zero-order valence-electron chi connectivity index (χ0n) is 10.2. The molecule has 0 spiro atoms. The van der Waals surface area contributed by atoms with Crippen LogP contribution in [0, 0.1) is 0 Å². The molecule has 1 N–H and O–H groups in total. The van der Waals surface area contributed by atoms with Crippen molar-refractivity contribution in [2.45, 2.75) is 39.2 Å². The van der Waals surface area contributed by atoms with E-state index < -0.39 is 5.60 Å². The summed E-state index contributed by atoms with van der Waals surface area (Å²) in [7, 11) is 0. The molecular weight excluding hydrogens is 268 g/mol. The van der Waals surface area contributed by atoms with E-state index in [1.165, 1.54) is 0 Å². The average Bonchev–Trinajstić information content (AvgIpc) is 2.14. The molecular formula is C13H19BrO2. The standard InChI is InChI=1S/C13H19BrO2/c1-9(2)11-7-10(14)5-6-12(11)16-8-13(3,4)15/h5-7,9,15H,8H2,1-4H3. The smallest absolute Gasteiger partial charge is 0.122 e. The summed E-state index contributed by atoms with van der Waals surface area (Å²) in [5, 5.41) is 9.63. The third-order valence-electron chi connectivity index (χ3n) is 2.17. The molecule has 2 nitrogen and oxygen atoms in total. The second-order valence-electron chi connectivity index (χ2n) is 4.94. The van der Waals surface area contributed by atoms with Gasteiger partial charge in [-0.2, -0.15) is 0 Å². The highest BCUT2D eigenvalue weighted by molar-refractivity contribution is 9.10. The maximum atomic E-state index is 9.63. The van der Waals surface area contributed by atoms with Gasteiger partial charge in [0.15, 0.2) is 0 Å². The van der Waals surface area contributed by atoms with Crippen LogP contribution in [0.2, 0.25) is 0 Å². The summed E-state index contributed by atoms with van der Waals surface area (Å²) in [6, 6.07) is 5.95. The van der Waals surface area contributed by atoms with Crippen LogP contribution in [0.15, 0.2) is 22.7 Å². The highest BCUT2D eigenvalue weighted by Crippen LogP contribution is 2.29. The molecule has 90 valence electrons. The van der Waals surface area contributed by atoms with Gasteiger partial charge in [0.2, 0.25) is 0 Å². The van der Waals surface area contributed by atoms with Crippen LogP contribution in [0.5, 0.6) is 5.75 Å². The number of benzene rings is 1. The monoisotopic (exact) mass is 286 g/mol. The molecule has 0 heterocycles. The van der Waals surface area contributed by atoms with Gasteiger partial charge in [-0.3, -0.25) is 0 Å². The maximum Gasteiger partial charge on any atom is 0.122 e. The Kier molecular flexibility index (Phi) is 4.39. The number of hydrogen-bond acceptors (Lipinski definition) is 2. The van der Waals surface area contributed by atoms with Crippen molar-refractivity contribution in [2.24, 2.45) is 0 Å². The van der Waals surface area contributed by atoms with Gasteiger partial charge in [0.1, 0.15) is 12.4 Å². The number of rotatable bonds is 4. The molecule has 0 bridgehead atoms. The maximum absolute atomic E-state index is 9.63. The first-order valence-electron chi connectivity index (χ1n) is 5.44. The molecule has 0 unspecified atom stereocenters. The molecule has 0 aliphatic heterocycles. The van der Waals surface area contributed by atoms with E-state index in [1.54, 1.807) is 13.8 Å². The van der Waals surface area contributed by atoms with Crippen molar-refractivity contribution in [3.8, 4) is 5.75 Å². The lowest BCUT2D eigenvalue weighted by molar-refractivity contribution is 0.0281. The number of aliphatic hydroxyl groups is 1. The fourth-order valence-corrected chi connectivity index (χ4v) is 1.74. The lowest BCUT2D eigenvalue weighted by atomic mass is 10.0. The Morgan fingerprint density at radius 2 is 2.00 bits per heavy atom. The Bertz CT molecular complexity index is 353. The van der Waals surface area contributed by atoms with E-state index in [9.17, 15) is 5.11 Å². The van der Waals surface area contributed by atoms with E-state index in [2.05, 4.69) is 35.8 Å². The van der Waals surface area contributed by atoms with Crippen LogP contribution in [0.4, 0.5) is 0 Å². The van der Waals surface area contributed by atoms with E-state index in [0.717, 1.165) is 15.8 Å². The topological polar surface area (TPSA) is 29.5 Å². The van der Waals surface area contributed by atoms with E-state index in [4.69, 9.17) is 4.74 Å². The highest BCUT2D eigenvalue weighted by atomic mass is 79.9. The Labute approximate surface area is 106 Å². The van der Waals surface area contributed by atoms with Gasteiger partial charge >= 0.3 is 0 Å².